The highest BCUT2D eigenvalue weighted by atomic mass is 32.2. The van der Waals surface area contributed by atoms with Crippen LogP contribution in [0.5, 0.6) is 0 Å². The maximum Gasteiger partial charge on any atom is 0.243 e. The summed E-state index contributed by atoms with van der Waals surface area (Å²) in [7, 11) is -3.32. The molecule has 0 radical (unpaired) electrons. The first-order valence-electron chi connectivity index (χ1n) is 7.34. The highest BCUT2D eigenvalue weighted by Gasteiger charge is 2.23. The van der Waals surface area contributed by atoms with Gasteiger partial charge in [0.2, 0.25) is 10.0 Å². The highest BCUT2D eigenvalue weighted by Crippen LogP contribution is 2.23. The average molecular weight is 319 g/mol. The molecule has 0 unspecified atom stereocenters. The number of sulfonamides is 1. The van der Waals surface area contributed by atoms with E-state index in [9.17, 15) is 8.42 Å². The number of unbranched alkanes of at least 4 members (excludes halogenated alkanes) is 1. The summed E-state index contributed by atoms with van der Waals surface area (Å²) in [4.78, 5) is 1.51. The van der Waals surface area contributed by atoms with E-state index >= 15 is 0 Å². The van der Waals surface area contributed by atoms with Gasteiger partial charge in [0.15, 0.2) is 0 Å². The van der Waals surface area contributed by atoms with E-state index in [0.29, 0.717) is 18.0 Å². The van der Waals surface area contributed by atoms with Gasteiger partial charge in [0.25, 0.3) is 0 Å². The SMILES string of the molecule is CCCCN(CC)S(=O)(=O)c1csc(CNCCC)c1. The van der Waals surface area contributed by atoms with Crippen LogP contribution >= 0.6 is 11.3 Å². The van der Waals surface area contributed by atoms with Gasteiger partial charge >= 0.3 is 0 Å². The summed E-state index contributed by atoms with van der Waals surface area (Å²) in [6.07, 6.45) is 2.99. The summed E-state index contributed by atoms with van der Waals surface area (Å²) in [5.74, 6) is 0. The molecule has 1 N–H and O–H groups in total. The molecular formula is C14H26N2O2S2. The van der Waals surface area contributed by atoms with Crippen LogP contribution in [0.1, 0.15) is 44.9 Å². The van der Waals surface area contributed by atoms with Gasteiger partial charge in [0, 0.05) is 29.9 Å². The van der Waals surface area contributed by atoms with Crippen molar-refractivity contribution in [2.45, 2.75) is 51.5 Å². The number of thiophene rings is 1. The molecule has 6 heteroatoms. The van der Waals surface area contributed by atoms with Crippen LogP contribution < -0.4 is 5.32 Å². The van der Waals surface area contributed by atoms with Gasteiger partial charge < -0.3 is 5.32 Å². The zero-order valence-corrected chi connectivity index (χ0v) is 14.3. The van der Waals surface area contributed by atoms with Crippen molar-refractivity contribution in [3.05, 3.63) is 16.3 Å². The Morgan fingerprint density at radius 3 is 2.60 bits per heavy atom. The van der Waals surface area contributed by atoms with E-state index < -0.39 is 10.0 Å². The molecule has 0 aliphatic carbocycles. The van der Waals surface area contributed by atoms with Gasteiger partial charge in [-0.3, -0.25) is 0 Å². The summed E-state index contributed by atoms with van der Waals surface area (Å²) in [5.41, 5.74) is 0. The van der Waals surface area contributed by atoms with E-state index in [-0.39, 0.29) is 0 Å². The van der Waals surface area contributed by atoms with E-state index in [1.807, 2.05) is 6.92 Å². The van der Waals surface area contributed by atoms with Gasteiger partial charge in [-0.2, -0.15) is 4.31 Å². The molecule has 1 heterocycles. The van der Waals surface area contributed by atoms with Crippen molar-refractivity contribution in [2.75, 3.05) is 19.6 Å². The second-order valence-electron chi connectivity index (χ2n) is 4.78. The minimum absolute atomic E-state index is 0.439. The number of nitrogens with zero attached hydrogens (tertiary/aromatic N) is 1. The van der Waals surface area contributed by atoms with E-state index in [4.69, 9.17) is 0 Å². The quantitative estimate of drug-likeness (QED) is 0.675. The second kappa shape index (κ2) is 8.77. The zero-order valence-electron chi connectivity index (χ0n) is 12.7. The summed E-state index contributed by atoms with van der Waals surface area (Å²) >= 11 is 1.51. The van der Waals surface area contributed by atoms with E-state index in [1.54, 1.807) is 15.8 Å². The van der Waals surface area contributed by atoms with Gasteiger partial charge in [-0.05, 0) is 25.5 Å². The van der Waals surface area contributed by atoms with Crippen molar-refractivity contribution in [1.82, 2.24) is 9.62 Å². The third-order valence-electron chi connectivity index (χ3n) is 3.11. The van der Waals surface area contributed by atoms with Crippen molar-refractivity contribution in [3.8, 4) is 0 Å². The molecule has 1 aromatic rings. The Hall–Kier alpha value is -0.430. The van der Waals surface area contributed by atoms with Gasteiger partial charge in [-0.1, -0.05) is 27.2 Å². The number of nitrogens with one attached hydrogen (secondary N) is 1. The molecule has 0 saturated carbocycles. The van der Waals surface area contributed by atoms with Crippen LogP contribution in [0.15, 0.2) is 16.3 Å². The molecule has 0 bridgehead atoms. The van der Waals surface area contributed by atoms with Crippen molar-refractivity contribution in [1.29, 1.82) is 0 Å². The molecule has 1 rings (SSSR count). The van der Waals surface area contributed by atoms with E-state index in [1.165, 1.54) is 11.3 Å². The molecule has 20 heavy (non-hydrogen) atoms. The largest absolute Gasteiger partial charge is 0.312 e. The summed E-state index contributed by atoms with van der Waals surface area (Å²) in [5, 5.41) is 5.05. The van der Waals surface area contributed by atoms with E-state index in [2.05, 4.69) is 19.2 Å². The zero-order chi connectivity index (χ0) is 15.0. The first-order chi connectivity index (χ1) is 9.56. The molecule has 0 aromatic carbocycles. The molecule has 4 nitrogen and oxygen atoms in total. The Bertz CT molecular complexity index is 483. The van der Waals surface area contributed by atoms with Crippen molar-refractivity contribution in [2.24, 2.45) is 0 Å². The molecule has 0 amide bonds. The smallest absolute Gasteiger partial charge is 0.243 e. The summed E-state index contributed by atoms with van der Waals surface area (Å²) in [6.45, 7) is 8.92. The second-order valence-corrected chi connectivity index (χ2v) is 7.71. The van der Waals surface area contributed by atoms with Crippen LogP contribution in [0, 0.1) is 0 Å². The van der Waals surface area contributed by atoms with Crippen molar-refractivity contribution < 1.29 is 8.42 Å². The first kappa shape index (κ1) is 17.6. The maximum absolute atomic E-state index is 12.5. The lowest BCUT2D eigenvalue weighted by molar-refractivity contribution is 0.419. The Morgan fingerprint density at radius 2 is 2.00 bits per heavy atom. The number of hydrogen-bond acceptors (Lipinski definition) is 4. The van der Waals surface area contributed by atoms with Gasteiger partial charge in [0.1, 0.15) is 0 Å². The summed E-state index contributed by atoms with van der Waals surface area (Å²) in [6, 6.07) is 1.80. The standard InChI is InChI=1S/C14H26N2O2S2/c1-4-7-9-16(6-3)20(17,18)14-10-13(19-12-14)11-15-8-5-2/h10,12,15H,4-9,11H2,1-3H3. The predicted molar refractivity (Wildman–Crippen MR) is 85.7 cm³/mol. The monoisotopic (exact) mass is 318 g/mol. The van der Waals surface area contributed by atoms with E-state index in [0.717, 1.165) is 37.2 Å². The molecule has 0 atom stereocenters. The highest BCUT2D eigenvalue weighted by molar-refractivity contribution is 7.89. The molecule has 0 aliphatic heterocycles. The topological polar surface area (TPSA) is 49.4 Å². The van der Waals surface area contributed by atoms with Crippen LogP contribution in [-0.2, 0) is 16.6 Å². The van der Waals surface area contributed by atoms with Crippen molar-refractivity contribution >= 4 is 21.4 Å². The lowest BCUT2D eigenvalue weighted by Gasteiger charge is -2.19. The normalized spacial score (nSPS) is 12.2. The van der Waals surface area contributed by atoms with Gasteiger partial charge in [0.05, 0.1) is 4.90 Å². The molecule has 116 valence electrons. The molecular weight excluding hydrogens is 292 g/mol. The fraction of sp³-hybridized carbons (Fsp3) is 0.714. The van der Waals surface area contributed by atoms with Crippen LogP contribution in [0.3, 0.4) is 0 Å². The maximum atomic E-state index is 12.5. The first-order valence-corrected chi connectivity index (χ1v) is 9.66. The lowest BCUT2D eigenvalue weighted by Crippen LogP contribution is -2.31. The Labute approximate surface area is 127 Å². The predicted octanol–water partition coefficient (Wildman–Crippen LogP) is 3.06. The Morgan fingerprint density at radius 1 is 1.25 bits per heavy atom. The molecule has 1 aromatic heterocycles. The van der Waals surface area contributed by atoms with Crippen LogP contribution in [0.4, 0.5) is 0 Å². The number of hydrogen-bond donors (Lipinski definition) is 1. The van der Waals surface area contributed by atoms with Crippen molar-refractivity contribution in [3.63, 3.8) is 0 Å². The average Bonchev–Trinajstić information content (AvgIpc) is 2.89. The lowest BCUT2D eigenvalue weighted by atomic mass is 10.3. The number of rotatable bonds is 10. The van der Waals surface area contributed by atoms with Gasteiger partial charge in [-0.15, -0.1) is 11.3 Å². The van der Waals surface area contributed by atoms with Crippen LogP contribution in [0.2, 0.25) is 0 Å². The van der Waals surface area contributed by atoms with Crippen LogP contribution in [-0.4, -0.2) is 32.4 Å². The fourth-order valence-corrected chi connectivity index (χ4v) is 4.63. The third kappa shape index (κ3) is 4.84. The van der Waals surface area contributed by atoms with Crippen LogP contribution in [0.25, 0.3) is 0 Å². The molecule has 0 spiro atoms. The minimum atomic E-state index is -3.32. The summed E-state index contributed by atoms with van der Waals surface area (Å²) < 4.78 is 26.6. The molecule has 0 saturated heterocycles. The minimum Gasteiger partial charge on any atom is -0.312 e. The molecule has 0 fully saturated rings. The Balaban J connectivity index is 2.75. The Kier molecular flexibility index (Phi) is 7.72. The fourth-order valence-electron chi connectivity index (χ4n) is 1.91. The third-order valence-corrected chi connectivity index (χ3v) is 6.15. The van der Waals surface area contributed by atoms with Gasteiger partial charge in [-0.25, -0.2) is 8.42 Å². The molecule has 0 aliphatic rings.